The SMILES string of the molecule is CCS(=O)(=O)c1ccc2oc(SCC(=O)N(Cc3ccccc3)Cc3ccccc3)nc2c1. The number of nitrogens with zero attached hydrogens (tertiary/aromatic N) is 2. The number of carbonyl (C=O) groups excluding carboxylic acids is 1. The molecule has 0 spiro atoms. The monoisotopic (exact) mass is 480 g/mol. The van der Waals surface area contributed by atoms with E-state index in [4.69, 9.17) is 4.42 Å². The number of sulfone groups is 1. The lowest BCUT2D eigenvalue weighted by Gasteiger charge is -2.23. The lowest BCUT2D eigenvalue weighted by molar-refractivity contribution is -0.129. The number of aromatic nitrogens is 1. The first-order valence-corrected chi connectivity index (χ1v) is 13.2. The highest BCUT2D eigenvalue weighted by Gasteiger charge is 2.18. The van der Waals surface area contributed by atoms with Crippen LogP contribution in [-0.4, -0.2) is 35.7 Å². The molecule has 1 aromatic heterocycles. The molecule has 0 aliphatic heterocycles. The van der Waals surface area contributed by atoms with Crippen LogP contribution < -0.4 is 0 Å². The summed E-state index contributed by atoms with van der Waals surface area (Å²) in [7, 11) is -3.33. The van der Waals surface area contributed by atoms with E-state index in [1.54, 1.807) is 13.0 Å². The maximum atomic E-state index is 13.1. The molecule has 0 fully saturated rings. The van der Waals surface area contributed by atoms with Gasteiger partial charge in [-0.15, -0.1) is 0 Å². The van der Waals surface area contributed by atoms with Gasteiger partial charge in [0.15, 0.2) is 15.4 Å². The van der Waals surface area contributed by atoms with Crippen LogP contribution in [0.15, 0.2) is 93.4 Å². The van der Waals surface area contributed by atoms with Gasteiger partial charge in [-0.2, -0.15) is 0 Å². The molecular formula is C25H24N2O4S2. The van der Waals surface area contributed by atoms with E-state index in [9.17, 15) is 13.2 Å². The van der Waals surface area contributed by atoms with Crippen LogP contribution in [0.4, 0.5) is 0 Å². The number of oxazole rings is 1. The maximum Gasteiger partial charge on any atom is 0.257 e. The third kappa shape index (κ3) is 5.83. The van der Waals surface area contributed by atoms with Crippen LogP contribution >= 0.6 is 11.8 Å². The molecule has 0 unspecified atom stereocenters. The smallest absolute Gasteiger partial charge is 0.257 e. The van der Waals surface area contributed by atoms with Gasteiger partial charge in [-0.3, -0.25) is 4.79 Å². The van der Waals surface area contributed by atoms with Crippen LogP contribution in [0.2, 0.25) is 0 Å². The normalized spacial score (nSPS) is 11.5. The molecule has 0 radical (unpaired) electrons. The van der Waals surface area contributed by atoms with Gasteiger partial charge < -0.3 is 9.32 Å². The molecule has 0 N–H and O–H groups in total. The zero-order valence-corrected chi connectivity index (χ0v) is 19.8. The number of amides is 1. The molecule has 1 heterocycles. The molecule has 1 amide bonds. The highest BCUT2D eigenvalue weighted by Crippen LogP contribution is 2.26. The van der Waals surface area contributed by atoms with Gasteiger partial charge in [-0.25, -0.2) is 13.4 Å². The molecular weight excluding hydrogens is 456 g/mol. The standard InChI is InChI=1S/C25H24N2O4S2/c1-2-33(29,30)21-13-14-23-22(15-21)26-25(31-23)32-18-24(28)27(16-19-9-5-3-6-10-19)17-20-11-7-4-8-12-20/h3-15H,2,16-18H2,1H3. The van der Waals surface area contributed by atoms with Crippen molar-refractivity contribution in [2.75, 3.05) is 11.5 Å². The zero-order valence-electron chi connectivity index (χ0n) is 18.2. The number of thioether (sulfide) groups is 1. The van der Waals surface area contributed by atoms with Crippen LogP contribution in [0.5, 0.6) is 0 Å². The van der Waals surface area contributed by atoms with Gasteiger partial charge in [-0.1, -0.05) is 79.3 Å². The van der Waals surface area contributed by atoms with Crippen molar-refractivity contribution in [1.82, 2.24) is 9.88 Å². The van der Waals surface area contributed by atoms with Crippen LogP contribution in [0, 0.1) is 0 Å². The minimum Gasteiger partial charge on any atom is -0.431 e. The Bertz CT molecular complexity index is 1300. The third-order valence-electron chi connectivity index (χ3n) is 5.18. The van der Waals surface area contributed by atoms with Crippen molar-refractivity contribution in [2.45, 2.75) is 30.1 Å². The summed E-state index contributed by atoms with van der Waals surface area (Å²) in [6.07, 6.45) is 0. The van der Waals surface area contributed by atoms with Gasteiger partial charge in [0.1, 0.15) is 5.52 Å². The third-order valence-corrected chi connectivity index (χ3v) is 7.73. The van der Waals surface area contributed by atoms with Crippen molar-refractivity contribution in [1.29, 1.82) is 0 Å². The first-order valence-electron chi connectivity index (χ1n) is 10.6. The second-order valence-corrected chi connectivity index (χ2v) is 10.7. The van der Waals surface area contributed by atoms with E-state index in [0.717, 1.165) is 11.1 Å². The van der Waals surface area contributed by atoms with Crippen LogP contribution in [0.25, 0.3) is 11.1 Å². The van der Waals surface area contributed by atoms with Gasteiger partial charge in [0.2, 0.25) is 5.91 Å². The molecule has 0 aliphatic rings. The van der Waals surface area contributed by atoms with Crippen molar-refractivity contribution in [2.24, 2.45) is 0 Å². The fourth-order valence-corrected chi connectivity index (χ4v) is 5.00. The molecule has 0 atom stereocenters. The Balaban J connectivity index is 1.48. The minimum atomic E-state index is -3.33. The Labute approximate surface area is 197 Å². The summed E-state index contributed by atoms with van der Waals surface area (Å²) in [5.41, 5.74) is 3.06. The van der Waals surface area contributed by atoms with Crippen LogP contribution in [-0.2, 0) is 27.7 Å². The van der Waals surface area contributed by atoms with Gasteiger partial charge in [0.05, 0.1) is 16.4 Å². The number of carbonyl (C=O) groups is 1. The van der Waals surface area contributed by atoms with E-state index in [1.807, 2.05) is 65.6 Å². The Morgan fingerprint density at radius 2 is 1.55 bits per heavy atom. The van der Waals surface area contributed by atoms with Crippen molar-refractivity contribution in [3.63, 3.8) is 0 Å². The molecule has 0 saturated carbocycles. The molecule has 0 bridgehead atoms. The second-order valence-electron chi connectivity index (χ2n) is 7.52. The van der Waals surface area contributed by atoms with Crippen molar-refractivity contribution >= 4 is 38.6 Å². The predicted octanol–water partition coefficient (Wildman–Crippen LogP) is 4.94. The highest BCUT2D eigenvalue weighted by atomic mass is 32.2. The quantitative estimate of drug-likeness (QED) is 0.316. The summed E-state index contributed by atoms with van der Waals surface area (Å²) in [5, 5.41) is 0.337. The number of rotatable bonds is 9. The number of benzene rings is 3. The number of hydrogen-bond donors (Lipinski definition) is 0. The predicted molar refractivity (Wildman–Crippen MR) is 130 cm³/mol. The average molecular weight is 481 g/mol. The minimum absolute atomic E-state index is 0.0190. The molecule has 170 valence electrons. The zero-order chi connectivity index (χ0) is 23.3. The van der Waals surface area contributed by atoms with Crippen LogP contribution in [0.1, 0.15) is 18.1 Å². The molecule has 33 heavy (non-hydrogen) atoms. The summed E-state index contributed by atoms with van der Waals surface area (Å²) in [6, 6.07) is 24.4. The van der Waals surface area contributed by atoms with E-state index >= 15 is 0 Å². The summed E-state index contributed by atoms with van der Waals surface area (Å²) in [5.74, 6) is 0.141. The van der Waals surface area contributed by atoms with Gasteiger partial charge >= 0.3 is 0 Å². The van der Waals surface area contributed by atoms with Crippen molar-refractivity contribution in [3.8, 4) is 0 Å². The van der Waals surface area contributed by atoms with E-state index in [2.05, 4.69) is 4.98 Å². The summed E-state index contributed by atoms with van der Waals surface area (Å²) in [4.78, 5) is 19.5. The molecule has 0 aliphatic carbocycles. The van der Waals surface area contributed by atoms with Crippen molar-refractivity contribution < 1.29 is 17.6 Å². The number of fused-ring (bicyclic) bond motifs is 1. The van der Waals surface area contributed by atoms with E-state index in [1.165, 1.54) is 23.9 Å². The molecule has 0 saturated heterocycles. The first-order chi connectivity index (χ1) is 15.9. The Morgan fingerprint density at radius 1 is 0.939 bits per heavy atom. The van der Waals surface area contributed by atoms with Gasteiger partial charge in [0.25, 0.3) is 5.22 Å². The van der Waals surface area contributed by atoms with Crippen molar-refractivity contribution in [3.05, 3.63) is 90.0 Å². The van der Waals surface area contributed by atoms with Gasteiger partial charge in [0, 0.05) is 13.1 Å². The summed E-state index contributed by atoms with van der Waals surface area (Å²) < 4.78 is 30.0. The fraction of sp³-hybridized carbons (Fsp3) is 0.200. The topological polar surface area (TPSA) is 80.5 Å². The second kappa shape index (κ2) is 10.2. The first kappa shape index (κ1) is 23.1. The molecule has 3 aromatic carbocycles. The average Bonchev–Trinajstić information content (AvgIpc) is 3.26. The maximum absolute atomic E-state index is 13.1. The Hall–Kier alpha value is -3.10. The summed E-state index contributed by atoms with van der Waals surface area (Å²) >= 11 is 1.20. The Kier molecular flexibility index (Phi) is 7.15. The Morgan fingerprint density at radius 3 is 2.12 bits per heavy atom. The highest BCUT2D eigenvalue weighted by molar-refractivity contribution is 7.99. The largest absolute Gasteiger partial charge is 0.431 e. The summed E-state index contributed by atoms with van der Waals surface area (Å²) in [6.45, 7) is 2.60. The van der Waals surface area contributed by atoms with E-state index in [0.29, 0.717) is 29.4 Å². The van der Waals surface area contributed by atoms with E-state index < -0.39 is 9.84 Å². The van der Waals surface area contributed by atoms with Gasteiger partial charge in [-0.05, 0) is 29.3 Å². The molecule has 8 heteroatoms. The fourth-order valence-electron chi connectivity index (χ4n) is 3.36. The molecule has 6 nitrogen and oxygen atoms in total. The van der Waals surface area contributed by atoms with Crippen LogP contribution in [0.3, 0.4) is 0 Å². The molecule has 4 aromatic rings. The number of hydrogen-bond acceptors (Lipinski definition) is 6. The lowest BCUT2D eigenvalue weighted by Crippen LogP contribution is -2.31. The molecule has 4 rings (SSSR count). The van der Waals surface area contributed by atoms with E-state index in [-0.39, 0.29) is 22.3 Å². The lowest BCUT2D eigenvalue weighted by atomic mass is 10.1.